The van der Waals surface area contributed by atoms with Gasteiger partial charge in [0.05, 0.1) is 22.7 Å². The number of nitrogens with one attached hydrogen (secondary N) is 3. The van der Waals surface area contributed by atoms with Gasteiger partial charge in [-0.2, -0.15) is 0 Å². The highest BCUT2D eigenvalue weighted by Gasteiger charge is 2.24. The summed E-state index contributed by atoms with van der Waals surface area (Å²) in [6.07, 6.45) is 1.03. The van der Waals surface area contributed by atoms with Crippen LogP contribution in [0.2, 0.25) is 0 Å². The van der Waals surface area contributed by atoms with Crippen molar-refractivity contribution >= 4 is 34.9 Å². The Hall–Kier alpha value is -4.61. The summed E-state index contributed by atoms with van der Waals surface area (Å²) < 4.78 is 18.7. The first-order valence-electron chi connectivity index (χ1n) is 9.25. The lowest BCUT2D eigenvalue weighted by molar-refractivity contribution is -0.383. The molecule has 0 bridgehead atoms. The van der Waals surface area contributed by atoms with Gasteiger partial charge in [-0.25, -0.2) is 19.2 Å². The molecular weight excluding hydrogens is 423 g/mol. The molecule has 0 aliphatic carbocycles. The molecule has 1 aromatic heterocycles. The Morgan fingerprint density at radius 2 is 1.88 bits per heavy atom. The van der Waals surface area contributed by atoms with Gasteiger partial charge in [0.15, 0.2) is 0 Å². The third-order valence-electron chi connectivity index (χ3n) is 4.05. The van der Waals surface area contributed by atoms with Gasteiger partial charge >= 0.3 is 11.7 Å². The predicted octanol–water partition coefficient (Wildman–Crippen LogP) is 3.20. The molecule has 0 unspecified atom stereocenters. The number of hydrogen-bond donors (Lipinski definition) is 3. The maximum atomic E-state index is 13.8. The maximum absolute atomic E-state index is 13.8. The van der Waals surface area contributed by atoms with E-state index in [0.29, 0.717) is 5.69 Å². The molecule has 0 spiro atoms. The fourth-order valence-corrected chi connectivity index (χ4v) is 2.64. The number of aromatic nitrogens is 2. The van der Waals surface area contributed by atoms with Crippen molar-refractivity contribution in [3.63, 3.8) is 0 Å². The summed E-state index contributed by atoms with van der Waals surface area (Å²) >= 11 is 0. The second kappa shape index (κ2) is 9.93. The highest BCUT2D eigenvalue weighted by molar-refractivity contribution is 5.95. The van der Waals surface area contributed by atoms with Crippen LogP contribution in [0.4, 0.5) is 27.4 Å². The molecule has 12 heteroatoms. The van der Waals surface area contributed by atoms with Gasteiger partial charge in [-0.1, -0.05) is 18.2 Å². The number of anilines is 3. The standard InChI is InChI=1S/C20H17FN6O5/c1-2-32-20(29)12-6-5-7-13(10-12)24-17-16(27(30)31)18(23-11-22-17)25-26-19(28)14-8-3-4-9-15(14)21/h3-11H,2H2,1H3,(H,26,28)(H2,22,23,24,25). The van der Waals surface area contributed by atoms with Crippen LogP contribution in [0.1, 0.15) is 27.6 Å². The second-order valence-corrected chi connectivity index (χ2v) is 6.16. The molecule has 32 heavy (non-hydrogen) atoms. The van der Waals surface area contributed by atoms with Gasteiger partial charge in [-0.3, -0.25) is 25.8 Å². The number of hydrazine groups is 1. The zero-order valence-electron chi connectivity index (χ0n) is 16.7. The van der Waals surface area contributed by atoms with Crippen LogP contribution >= 0.6 is 0 Å². The third kappa shape index (κ3) is 5.11. The van der Waals surface area contributed by atoms with E-state index >= 15 is 0 Å². The molecule has 164 valence electrons. The van der Waals surface area contributed by atoms with Crippen molar-refractivity contribution in [2.24, 2.45) is 0 Å². The van der Waals surface area contributed by atoms with E-state index in [0.717, 1.165) is 12.4 Å². The van der Waals surface area contributed by atoms with Crippen molar-refractivity contribution in [3.05, 3.63) is 81.9 Å². The highest BCUT2D eigenvalue weighted by atomic mass is 19.1. The molecule has 1 heterocycles. The average Bonchev–Trinajstić information content (AvgIpc) is 2.78. The summed E-state index contributed by atoms with van der Waals surface area (Å²) in [5.74, 6) is -2.69. The van der Waals surface area contributed by atoms with Gasteiger partial charge in [0.1, 0.15) is 12.1 Å². The Labute approximate surface area is 180 Å². The topological polar surface area (TPSA) is 148 Å². The van der Waals surface area contributed by atoms with Crippen molar-refractivity contribution in [3.8, 4) is 0 Å². The van der Waals surface area contributed by atoms with Crippen LogP contribution in [-0.2, 0) is 4.74 Å². The van der Waals surface area contributed by atoms with E-state index in [1.165, 1.54) is 30.3 Å². The number of rotatable bonds is 8. The first-order chi connectivity index (χ1) is 15.4. The minimum absolute atomic E-state index is 0.196. The fraction of sp³-hybridized carbons (Fsp3) is 0.100. The van der Waals surface area contributed by atoms with Gasteiger partial charge in [0.2, 0.25) is 11.6 Å². The van der Waals surface area contributed by atoms with Crippen LogP contribution in [-0.4, -0.2) is 33.4 Å². The monoisotopic (exact) mass is 440 g/mol. The van der Waals surface area contributed by atoms with E-state index in [2.05, 4.69) is 26.1 Å². The number of nitro groups is 1. The number of esters is 1. The quantitative estimate of drug-likeness (QED) is 0.273. The van der Waals surface area contributed by atoms with Crippen LogP contribution in [0.5, 0.6) is 0 Å². The van der Waals surface area contributed by atoms with E-state index in [9.17, 15) is 24.1 Å². The van der Waals surface area contributed by atoms with Crippen LogP contribution in [0.25, 0.3) is 0 Å². The van der Waals surface area contributed by atoms with Gasteiger partial charge in [-0.05, 0) is 37.3 Å². The van der Waals surface area contributed by atoms with Gasteiger partial charge in [-0.15, -0.1) is 0 Å². The third-order valence-corrected chi connectivity index (χ3v) is 4.05. The summed E-state index contributed by atoms with van der Waals surface area (Å²) in [5.41, 5.74) is 4.22. The number of halogens is 1. The van der Waals surface area contributed by atoms with Gasteiger partial charge < -0.3 is 10.1 Å². The maximum Gasteiger partial charge on any atom is 0.355 e. The summed E-state index contributed by atoms with van der Waals surface area (Å²) in [4.78, 5) is 42.6. The molecule has 0 fully saturated rings. The Morgan fingerprint density at radius 3 is 2.59 bits per heavy atom. The lowest BCUT2D eigenvalue weighted by Crippen LogP contribution is -2.31. The van der Waals surface area contributed by atoms with Crippen LogP contribution in [0, 0.1) is 15.9 Å². The molecule has 11 nitrogen and oxygen atoms in total. The minimum Gasteiger partial charge on any atom is -0.462 e. The Balaban J connectivity index is 1.83. The van der Waals surface area contributed by atoms with Gasteiger partial charge in [0.25, 0.3) is 5.91 Å². The van der Waals surface area contributed by atoms with Crippen LogP contribution < -0.4 is 16.2 Å². The van der Waals surface area contributed by atoms with Gasteiger partial charge in [0, 0.05) is 5.69 Å². The number of benzene rings is 2. The van der Waals surface area contributed by atoms with Crippen molar-refractivity contribution < 1.29 is 23.6 Å². The van der Waals surface area contributed by atoms with Crippen molar-refractivity contribution in [1.82, 2.24) is 15.4 Å². The number of ether oxygens (including phenoxy) is 1. The van der Waals surface area contributed by atoms with E-state index in [4.69, 9.17) is 4.74 Å². The molecule has 3 rings (SSSR count). The number of hydrogen-bond acceptors (Lipinski definition) is 9. The average molecular weight is 440 g/mol. The molecule has 0 radical (unpaired) electrons. The predicted molar refractivity (Wildman–Crippen MR) is 112 cm³/mol. The zero-order chi connectivity index (χ0) is 23.1. The zero-order valence-corrected chi connectivity index (χ0v) is 16.7. The van der Waals surface area contributed by atoms with Crippen molar-refractivity contribution in [1.29, 1.82) is 0 Å². The van der Waals surface area contributed by atoms with Crippen LogP contribution in [0.15, 0.2) is 54.9 Å². The Morgan fingerprint density at radius 1 is 1.12 bits per heavy atom. The largest absolute Gasteiger partial charge is 0.462 e. The molecule has 3 aromatic rings. The first-order valence-corrected chi connectivity index (χ1v) is 9.25. The number of carbonyl (C=O) groups is 2. The summed E-state index contributed by atoms with van der Waals surface area (Å²) in [7, 11) is 0. The SMILES string of the molecule is CCOC(=O)c1cccc(Nc2ncnc(NNC(=O)c3ccccc3F)c2[N+](=O)[O-])c1. The number of amides is 1. The lowest BCUT2D eigenvalue weighted by Gasteiger charge is -2.11. The normalized spacial score (nSPS) is 10.2. The van der Waals surface area contributed by atoms with Crippen molar-refractivity contribution in [2.75, 3.05) is 17.3 Å². The molecule has 3 N–H and O–H groups in total. The fourth-order valence-electron chi connectivity index (χ4n) is 2.64. The molecule has 0 saturated carbocycles. The summed E-state index contributed by atoms with van der Waals surface area (Å²) in [6, 6.07) is 11.4. The Bertz CT molecular complexity index is 1170. The lowest BCUT2D eigenvalue weighted by atomic mass is 10.2. The molecule has 2 aromatic carbocycles. The molecule has 0 atom stereocenters. The van der Waals surface area contributed by atoms with Crippen LogP contribution in [0.3, 0.4) is 0 Å². The van der Waals surface area contributed by atoms with Crippen molar-refractivity contribution in [2.45, 2.75) is 6.92 Å². The smallest absolute Gasteiger partial charge is 0.355 e. The van der Waals surface area contributed by atoms with E-state index in [-0.39, 0.29) is 29.4 Å². The summed E-state index contributed by atoms with van der Waals surface area (Å²) in [5, 5.41) is 14.4. The Kier molecular flexibility index (Phi) is 6.85. The molecular formula is C20H17FN6O5. The first kappa shape index (κ1) is 22.1. The molecule has 0 aliphatic rings. The van der Waals surface area contributed by atoms with E-state index < -0.39 is 28.3 Å². The van der Waals surface area contributed by atoms with E-state index in [1.54, 1.807) is 19.1 Å². The minimum atomic E-state index is -0.854. The summed E-state index contributed by atoms with van der Waals surface area (Å²) in [6.45, 7) is 1.87. The van der Waals surface area contributed by atoms with E-state index in [1.807, 2.05) is 0 Å². The number of nitrogens with zero attached hydrogens (tertiary/aromatic N) is 3. The molecule has 1 amide bonds. The highest BCUT2D eigenvalue weighted by Crippen LogP contribution is 2.31. The molecule has 0 saturated heterocycles. The molecule has 0 aliphatic heterocycles. The second-order valence-electron chi connectivity index (χ2n) is 6.16. The number of carbonyl (C=O) groups excluding carboxylic acids is 2.